The summed E-state index contributed by atoms with van der Waals surface area (Å²) in [6.45, 7) is 0. The molecule has 0 saturated carbocycles. The van der Waals surface area contributed by atoms with Crippen LogP contribution in [0.4, 0.5) is 4.39 Å². The van der Waals surface area contributed by atoms with Crippen molar-refractivity contribution in [1.29, 1.82) is 0 Å². The molecule has 0 bridgehead atoms. The zero-order valence-corrected chi connectivity index (χ0v) is 11.0. The average molecular weight is 316 g/mol. The Balaban J connectivity index is 2.43. The van der Waals surface area contributed by atoms with Gasteiger partial charge in [0, 0.05) is 15.1 Å². The standard InChI is InChI=1S/C13H9BrClFO/c14-12-5-4-9(15)7-11(12)13(17)8-2-1-3-10(16)6-8/h1-7,13,17H. The second-order valence-corrected chi connectivity index (χ2v) is 4.91. The van der Waals surface area contributed by atoms with E-state index in [4.69, 9.17) is 11.6 Å². The lowest BCUT2D eigenvalue weighted by atomic mass is 10.0. The van der Waals surface area contributed by atoms with Crippen LogP contribution < -0.4 is 0 Å². The normalized spacial score (nSPS) is 12.5. The van der Waals surface area contributed by atoms with Crippen LogP contribution in [0.2, 0.25) is 5.02 Å². The number of aliphatic hydroxyl groups is 1. The quantitative estimate of drug-likeness (QED) is 0.875. The molecule has 0 amide bonds. The van der Waals surface area contributed by atoms with E-state index in [9.17, 15) is 9.50 Å². The van der Waals surface area contributed by atoms with Gasteiger partial charge in [0.1, 0.15) is 11.9 Å². The number of hydrogen-bond acceptors (Lipinski definition) is 1. The van der Waals surface area contributed by atoms with Crippen molar-refractivity contribution in [3.05, 3.63) is 68.9 Å². The molecule has 2 rings (SSSR count). The van der Waals surface area contributed by atoms with Gasteiger partial charge in [-0.05, 0) is 35.9 Å². The van der Waals surface area contributed by atoms with Crippen molar-refractivity contribution < 1.29 is 9.50 Å². The SMILES string of the molecule is OC(c1cccc(F)c1)c1cc(Cl)ccc1Br. The van der Waals surface area contributed by atoms with Crippen LogP contribution >= 0.6 is 27.5 Å². The Morgan fingerprint density at radius 3 is 2.65 bits per heavy atom. The van der Waals surface area contributed by atoms with Crippen molar-refractivity contribution in [2.45, 2.75) is 6.10 Å². The lowest BCUT2D eigenvalue weighted by Gasteiger charge is -2.13. The van der Waals surface area contributed by atoms with Gasteiger partial charge in [0.25, 0.3) is 0 Å². The average Bonchev–Trinajstić information content (AvgIpc) is 2.31. The van der Waals surface area contributed by atoms with Crippen LogP contribution in [0.25, 0.3) is 0 Å². The van der Waals surface area contributed by atoms with Crippen molar-refractivity contribution in [2.75, 3.05) is 0 Å². The smallest absolute Gasteiger partial charge is 0.123 e. The second-order valence-electron chi connectivity index (χ2n) is 3.62. The fourth-order valence-electron chi connectivity index (χ4n) is 1.58. The van der Waals surface area contributed by atoms with E-state index in [0.717, 1.165) is 4.47 Å². The molecule has 0 aromatic heterocycles. The van der Waals surface area contributed by atoms with E-state index in [2.05, 4.69) is 15.9 Å². The molecule has 4 heteroatoms. The van der Waals surface area contributed by atoms with Gasteiger partial charge in [-0.2, -0.15) is 0 Å². The molecule has 1 unspecified atom stereocenters. The number of halogens is 3. The molecule has 0 saturated heterocycles. The summed E-state index contributed by atoms with van der Waals surface area (Å²) in [6, 6.07) is 11.0. The zero-order valence-electron chi connectivity index (χ0n) is 8.70. The topological polar surface area (TPSA) is 20.2 Å². The Labute approximate surface area is 112 Å². The van der Waals surface area contributed by atoms with Crippen molar-refractivity contribution in [1.82, 2.24) is 0 Å². The Morgan fingerprint density at radius 1 is 1.18 bits per heavy atom. The Hall–Kier alpha value is -0.900. The van der Waals surface area contributed by atoms with E-state index in [1.165, 1.54) is 12.1 Å². The lowest BCUT2D eigenvalue weighted by molar-refractivity contribution is 0.219. The fraction of sp³-hybridized carbons (Fsp3) is 0.0769. The molecular weight excluding hydrogens is 306 g/mol. The third-order valence-electron chi connectivity index (χ3n) is 2.42. The van der Waals surface area contributed by atoms with Gasteiger partial charge in [-0.3, -0.25) is 0 Å². The minimum Gasteiger partial charge on any atom is -0.384 e. The van der Waals surface area contributed by atoms with Crippen LogP contribution in [0.5, 0.6) is 0 Å². The first-order chi connectivity index (χ1) is 8.08. The molecule has 88 valence electrons. The summed E-state index contributed by atoms with van der Waals surface area (Å²) in [7, 11) is 0. The second kappa shape index (κ2) is 5.17. The summed E-state index contributed by atoms with van der Waals surface area (Å²) >= 11 is 9.21. The van der Waals surface area contributed by atoms with Gasteiger partial charge in [0.05, 0.1) is 0 Å². The van der Waals surface area contributed by atoms with E-state index < -0.39 is 6.10 Å². The van der Waals surface area contributed by atoms with Crippen LogP contribution in [-0.4, -0.2) is 5.11 Å². The number of rotatable bonds is 2. The van der Waals surface area contributed by atoms with Gasteiger partial charge in [-0.1, -0.05) is 39.7 Å². The summed E-state index contributed by atoms with van der Waals surface area (Å²) in [4.78, 5) is 0. The first-order valence-corrected chi connectivity index (χ1v) is 6.13. The van der Waals surface area contributed by atoms with E-state index in [0.29, 0.717) is 16.1 Å². The van der Waals surface area contributed by atoms with Gasteiger partial charge in [0.15, 0.2) is 0 Å². The van der Waals surface area contributed by atoms with Crippen molar-refractivity contribution in [2.24, 2.45) is 0 Å². The van der Waals surface area contributed by atoms with Crippen LogP contribution in [0.15, 0.2) is 46.9 Å². The molecule has 1 atom stereocenters. The number of benzene rings is 2. The van der Waals surface area contributed by atoms with E-state index in [1.54, 1.807) is 30.3 Å². The molecule has 1 N–H and O–H groups in total. The van der Waals surface area contributed by atoms with E-state index in [-0.39, 0.29) is 5.82 Å². The van der Waals surface area contributed by atoms with Gasteiger partial charge in [-0.15, -0.1) is 0 Å². The first kappa shape index (κ1) is 12.6. The molecule has 0 heterocycles. The van der Waals surface area contributed by atoms with Crippen LogP contribution in [0.3, 0.4) is 0 Å². The molecule has 2 aromatic carbocycles. The third-order valence-corrected chi connectivity index (χ3v) is 3.37. The highest BCUT2D eigenvalue weighted by Crippen LogP contribution is 2.30. The molecule has 2 aromatic rings. The Morgan fingerprint density at radius 2 is 1.94 bits per heavy atom. The fourth-order valence-corrected chi connectivity index (χ4v) is 2.22. The Bertz CT molecular complexity index is 545. The monoisotopic (exact) mass is 314 g/mol. The van der Waals surface area contributed by atoms with E-state index >= 15 is 0 Å². The molecule has 0 aliphatic heterocycles. The van der Waals surface area contributed by atoms with Gasteiger partial charge in [0.2, 0.25) is 0 Å². The molecule has 0 aliphatic carbocycles. The maximum Gasteiger partial charge on any atom is 0.123 e. The highest BCUT2D eigenvalue weighted by molar-refractivity contribution is 9.10. The lowest BCUT2D eigenvalue weighted by Crippen LogP contribution is -2.01. The summed E-state index contributed by atoms with van der Waals surface area (Å²) in [5, 5.41) is 10.7. The highest BCUT2D eigenvalue weighted by atomic mass is 79.9. The summed E-state index contributed by atoms with van der Waals surface area (Å²) in [6.07, 6.45) is -0.904. The molecule has 0 spiro atoms. The summed E-state index contributed by atoms with van der Waals surface area (Å²) in [5.41, 5.74) is 1.11. The van der Waals surface area contributed by atoms with Gasteiger partial charge < -0.3 is 5.11 Å². The third kappa shape index (κ3) is 2.86. The first-order valence-electron chi connectivity index (χ1n) is 4.96. The van der Waals surface area contributed by atoms with Gasteiger partial charge >= 0.3 is 0 Å². The van der Waals surface area contributed by atoms with Crippen LogP contribution in [-0.2, 0) is 0 Å². The maximum atomic E-state index is 13.1. The highest BCUT2D eigenvalue weighted by Gasteiger charge is 2.14. The van der Waals surface area contributed by atoms with Gasteiger partial charge in [-0.25, -0.2) is 4.39 Å². The molecular formula is C13H9BrClFO. The molecule has 0 aliphatic rings. The van der Waals surface area contributed by atoms with Crippen LogP contribution in [0.1, 0.15) is 17.2 Å². The minimum absolute atomic E-state index is 0.375. The van der Waals surface area contributed by atoms with E-state index in [1.807, 2.05) is 0 Å². The summed E-state index contributed by atoms with van der Waals surface area (Å²) in [5.74, 6) is -0.375. The minimum atomic E-state index is -0.904. The summed E-state index contributed by atoms with van der Waals surface area (Å²) < 4.78 is 13.8. The maximum absolute atomic E-state index is 13.1. The van der Waals surface area contributed by atoms with Crippen molar-refractivity contribution in [3.63, 3.8) is 0 Å². The molecule has 0 radical (unpaired) electrons. The van der Waals surface area contributed by atoms with Crippen molar-refractivity contribution in [3.8, 4) is 0 Å². The van der Waals surface area contributed by atoms with Crippen LogP contribution in [0, 0.1) is 5.82 Å². The Kier molecular flexibility index (Phi) is 3.82. The van der Waals surface area contributed by atoms with Crippen molar-refractivity contribution >= 4 is 27.5 Å². The zero-order chi connectivity index (χ0) is 12.4. The molecule has 1 nitrogen and oxygen atoms in total. The number of hydrogen-bond donors (Lipinski definition) is 1. The molecule has 0 fully saturated rings. The predicted octanol–water partition coefficient (Wildman–Crippen LogP) is 4.32. The number of aliphatic hydroxyl groups excluding tert-OH is 1. The predicted molar refractivity (Wildman–Crippen MR) is 69.6 cm³/mol. The largest absolute Gasteiger partial charge is 0.384 e. The molecule has 17 heavy (non-hydrogen) atoms.